The van der Waals surface area contributed by atoms with Crippen molar-refractivity contribution in [1.82, 2.24) is 14.9 Å². The van der Waals surface area contributed by atoms with Crippen LogP contribution in [0, 0.1) is 0 Å². The molecule has 0 amide bonds. The number of ether oxygens (including phenoxy) is 1. The van der Waals surface area contributed by atoms with Crippen molar-refractivity contribution in [2.24, 2.45) is 0 Å². The minimum Gasteiger partial charge on any atom is -0.380 e. The highest BCUT2D eigenvalue weighted by Crippen LogP contribution is 2.12. The van der Waals surface area contributed by atoms with Gasteiger partial charge in [0.1, 0.15) is 4.70 Å². The smallest absolute Gasteiger partial charge is 0.271 e. The quantitative estimate of drug-likeness (QED) is 0.718. The lowest BCUT2D eigenvalue weighted by molar-refractivity contribution is 0.133. The summed E-state index contributed by atoms with van der Waals surface area (Å²) in [5.41, 5.74) is 0.833. The topological polar surface area (TPSA) is 56.1 Å². The molecule has 0 spiro atoms. The maximum atomic E-state index is 12.1. The van der Waals surface area contributed by atoms with E-state index >= 15 is 0 Å². The van der Waals surface area contributed by atoms with Crippen LogP contribution in [0.1, 0.15) is 19.8 Å². The third kappa shape index (κ3) is 4.13. The molecule has 0 aliphatic carbocycles. The second-order valence-corrected chi connectivity index (χ2v) is 5.51. The average molecular weight is 295 g/mol. The molecule has 0 aromatic carbocycles. The van der Waals surface area contributed by atoms with Gasteiger partial charge in [0, 0.05) is 26.2 Å². The van der Waals surface area contributed by atoms with E-state index in [0.29, 0.717) is 6.54 Å². The summed E-state index contributed by atoms with van der Waals surface area (Å²) in [6, 6.07) is 1.87. The molecular weight excluding hydrogens is 274 g/mol. The van der Waals surface area contributed by atoms with Crippen LogP contribution < -0.4 is 10.9 Å². The van der Waals surface area contributed by atoms with Gasteiger partial charge >= 0.3 is 0 Å². The van der Waals surface area contributed by atoms with E-state index in [1.165, 1.54) is 11.3 Å². The summed E-state index contributed by atoms with van der Waals surface area (Å²) in [6.07, 6.45) is 3.90. The Kier molecular flexibility index (Phi) is 6.17. The van der Waals surface area contributed by atoms with Gasteiger partial charge in [-0.2, -0.15) is 0 Å². The summed E-state index contributed by atoms with van der Waals surface area (Å²) in [5.74, 6) is 0. The molecule has 0 aliphatic heterocycles. The molecule has 2 rings (SSSR count). The molecule has 0 saturated carbocycles. The summed E-state index contributed by atoms with van der Waals surface area (Å²) >= 11 is 1.45. The molecule has 0 radical (unpaired) electrons. The van der Waals surface area contributed by atoms with Crippen LogP contribution in [0.3, 0.4) is 0 Å². The summed E-state index contributed by atoms with van der Waals surface area (Å²) in [7, 11) is 0. The van der Waals surface area contributed by atoms with Crippen LogP contribution >= 0.6 is 11.3 Å². The van der Waals surface area contributed by atoms with Crippen molar-refractivity contribution in [3.05, 3.63) is 28.1 Å². The molecule has 0 unspecified atom stereocenters. The summed E-state index contributed by atoms with van der Waals surface area (Å²) in [4.78, 5) is 16.4. The number of unbranched alkanes of at least 4 members (excludes halogenated alkanes) is 1. The van der Waals surface area contributed by atoms with Gasteiger partial charge in [0.25, 0.3) is 5.56 Å². The summed E-state index contributed by atoms with van der Waals surface area (Å²) in [5, 5.41) is 5.17. The Morgan fingerprint density at radius 1 is 1.40 bits per heavy atom. The van der Waals surface area contributed by atoms with Crippen LogP contribution in [0.25, 0.3) is 10.2 Å². The number of nitrogens with zero attached hydrogens (tertiary/aromatic N) is 2. The third-order valence-corrected chi connectivity index (χ3v) is 3.92. The lowest BCUT2D eigenvalue weighted by atomic mass is 10.4. The van der Waals surface area contributed by atoms with Crippen LogP contribution in [-0.2, 0) is 11.3 Å². The molecule has 2 aromatic rings. The van der Waals surface area contributed by atoms with Gasteiger partial charge in [-0.1, -0.05) is 13.3 Å². The van der Waals surface area contributed by atoms with Gasteiger partial charge in [0.15, 0.2) is 0 Å². The van der Waals surface area contributed by atoms with Crippen LogP contribution in [0.4, 0.5) is 0 Å². The van der Waals surface area contributed by atoms with E-state index in [9.17, 15) is 4.79 Å². The Hall–Kier alpha value is -1.24. The lowest BCUT2D eigenvalue weighted by Gasteiger charge is -2.07. The Bertz CT molecular complexity index is 579. The van der Waals surface area contributed by atoms with E-state index < -0.39 is 0 Å². The third-order valence-electron chi connectivity index (χ3n) is 3.03. The molecule has 5 nitrogen and oxygen atoms in total. The van der Waals surface area contributed by atoms with Gasteiger partial charge in [0.2, 0.25) is 0 Å². The van der Waals surface area contributed by atoms with Crippen molar-refractivity contribution in [1.29, 1.82) is 0 Å². The van der Waals surface area contributed by atoms with Crippen molar-refractivity contribution in [2.75, 3.05) is 26.3 Å². The molecule has 0 atom stereocenters. The molecule has 0 bridgehead atoms. The number of aromatic nitrogens is 2. The lowest BCUT2D eigenvalue weighted by Crippen LogP contribution is -2.28. The van der Waals surface area contributed by atoms with Crippen molar-refractivity contribution in [3.63, 3.8) is 0 Å². The highest BCUT2D eigenvalue weighted by molar-refractivity contribution is 7.17. The molecule has 0 fully saturated rings. The van der Waals surface area contributed by atoms with E-state index in [1.54, 1.807) is 10.9 Å². The minimum absolute atomic E-state index is 0.0472. The summed E-state index contributed by atoms with van der Waals surface area (Å²) in [6.45, 7) is 5.89. The summed E-state index contributed by atoms with van der Waals surface area (Å²) < 4.78 is 7.84. The van der Waals surface area contributed by atoms with Crippen molar-refractivity contribution in [3.8, 4) is 0 Å². The average Bonchev–Trinajstić information content (AvgIpc) is 2.93. The second kappa shape index (κ2) is 8.14. The van der Waals surface area contributed by atoms with Crippen molar-refractivity contribution < 1.29 is 4.74 Å². The number of hydrogen-bond acceptors (Lipinski definition) is 5. The molecule has 2 heterocycles. The zero-order valence-corrected chi connectivity index (χ0v) is 12.6. The van der Waals surface area contributed by atoms with Crippen molar-refractivity contribution in [2.45, 2.75) is 26.3 Å². The Morgan fingerprint density at radius 2 is 2.30 bits per heavy atom. The normalized spacial score (nSPS) is 11.2. The zero-order valence-electron chi connectivity index (χ0n) is 11.8. The van der Waals surface area contributed by atoms with Gasteiger partial charge in [0.05, 0.1) is 18.5 Å². The van der Waals surface area contributed by atoms with Gasteiger partial charge < -0.3 is 10.1 Å². The molecule has 0 saturated heterocycles. The monoisotopic (exact) mass is 295 g/mol. The molecule has 0 aliphatic rings. The maximum absolute atomic E-state index is 12.1. The second-order valence-electron chi connectivity index (χ2n) is 4.59. The van der Waals surface area contributed by atoms with Gasteiger partial charge in [-0.3, -0.25) is 9.36 Å². The predicted molar refractivity (Wildman–Crippen MR) is 82.5 cm³/mol. The highest BCUT2D eigenvalue weighted by Gasteiger charge is 2.04. The van der Waals surface area contributed by atoms with E-state index in [1.807, 2.05) is 11.4 Å². The standard InChI is InChI=1S/C14H21N3O2S/c1-2-3-8-19-9-6-15-5-7-17-11-16-12-4-10-20-13(12)14(17)18/h4,10-11,15H,2-3,5-9H2,1H3. The maximum Gasteiger partial charge on any atom is 0.271 e. The molecule has 20 heavy (non-hydrogen) atoms. The first kappa shape index (κ1) is 15.2. The van der Waals surface area contributed by atoms with E-state index in [0.717, 1.165) is 49.4 Å². The van der Waals surface area contributed by atoms with Crippen LogP contribution in [0.15, 0.2) is 22.6 Å². The molecule has 6 heteroatoms. The van der Waals surface area contributed by atoms with E-state index in [2.05, 4.69) is 17.2 Å². The Balaban J connectivity index is 1.71. The highest BCUT2D eigenvalue weighted by atomic mass is 32.1. The number of hydrogen-bond donors (Lipinski definition) is 1. The molecule has 2 aromatic heterocycles. The van der Waals surface area contributed by atoms with Crippen LogP contribution in [0.2, 0.25) is 0 Å². The first-order valence-corrected chi connectivity index (χ1v) is 7.92. The number of thiophene rings is 1. The molecule has 1 N–H and O–H groups in total. The van der Waals surface area contributed by atoms with Gasteiger partial charge in [-0.05, 0) is 17.9 Å². The fourth-order valence-corrected chi connectivity index (χ4v) is 2.65. The SMILES string of the molecule is CCCCOCCNCCn1cnc2ccsc2c1=O. The fourth-order valence-electron chi connectivity index (χ4n) is 1.86. The van der Waals surface area contributed by atoms with Crippen molar-refractivity contribution >= 4 is 21.6 Å². The number of rotatable bonds is 9. The van der Waals surface area contributed by atoms with E-state index in [-0.39, 0.29) is 5.56 Å². The van der Waals surface area contributed by atoms with Crippen LogP contribution in [-0.4, -0.2) is 35.9 Å². The molecular formula is C14H21N3O2S. The minimum atomic E-state index is 0.0472. The largest absolute Gasteiger partial charge is 0.380 e. The Labute approximate surface area is 122 Å². The first-order chi connectivity index (χ1) is 9.83. The fraction of sp³-hybridized carbons (Fsp3) is 0.571. The zero-order chi connectivity index (χ0) is 14.2. The van der Waals surface area contributed by atoms with Crippen LogP contribution in [0.5, 0.6) is 0 Å². The predicted octanol–water partition coefficient (Wildman–Crippen LogP) is 1.86. The molecule has 110 valence electrons. The number of nitrogens with one attached hydrogen (secondary N) is 1. The van der Waals surface area contributed by atoms with Gasteiger partial charge in [-0.15, -0.1) is 11.3 Å². The van der Waals surface area contributed by atoms with E-state index in [4.69, 9.17) is 4.74 Å². The first-order valence-electron chi connectivity index (χ1n) is 7.04. The number of fused-ring (bicyclic) bond motifs is 1. The van der Waals surface area contributed by atoms with Gasteiger partial charge in [-0.25, -0.2) is 4.98 Å². The Morgan fingerprint density at radius 3 is 3.15 bits per heavy atom.